The average molecular weight is 219 g/mol. The number of hydrogen-bond donors (Lipinski definition) is 0. The van der Waals surface area contributed by atoms with Crippen LogP contribution in [0.5, 0.6) is 0 Å². The van der Waals surface area contributed by atoms with Gasteiger partial charge in [0.2, 0.25) is 0 Å². The van der Waals surface area contributed by atoms with E-state index in [4.69, 9.17) is 4.74 Å². The first-order valence-electron chi connectivity index (χ1n) is 5.75. The van der Waals surface area contributed by atoms with E-state index in [0.717, 1.165) is 13.0 Å². The van der Waals surface area contributed by atoms with Crippen LogP contribution >= 0.6 is 0 Å². The Morgan fingerprint density at radius 1 is 1.50 bits per heavy atom. The van der Waals surface area contributed by atoms with Gasteiger partial charge in [-0.25, -0.2) is 4.79 Å². The van der Waals surface area contributed by atoms with E-state index in [2.05, 4.69) is 19.1 Å². The van der Waals surface area contributed by atoms with Crippen LogP contribution in [0.2, 0.25) is 0 Å². The first-order chi connectivity index (χ1) is 7.74. The van der Waals surface area contributed by atoms with E-state index in [-0.39, 0.29) is 12.1 Å². The molecule has 0 fully saturated rings. The van der Waals surface area contributed by atoms with E-state index in [9.17, 15) is 4.79 Å². The van der Waals surface area contributed by atoms with Gasteiger partial charge in [0, 0.05) is 6.54 Å². The maximum atomic E-state index is 11.7. The molecule has 86 valence electrons. The van der Waals surface area contributed by atoms with Crippen molar-refractivity contribution in [3.8, 4) is 0 Å². The van der Waals surface area contributed by atoms with Crippen molar-refractivity contribution in [1.82, 2.24) is 4.90 Å². The lowest BCUT2D eigenvalue weighted by Gasteiger charge is -2.34. The molecule has 0 aromatic heterocycles. The summed E-state index contributed by atoms with van der Waals surface area (Å²) in [7, 11) is 0. The molecule has 1 unspecified atom stereocenters. The van der Waals surface area contributed by atoms with Gasteiger partial charge in [0.25, 0.3) is 0 Å². The van der Waals surface area contributed by atoms with Crippen molar-refractivity contribution in [3.63, 3.8) is 0 Å². The van der Waals surface area contributed by atoms with Gasteiger partial charge in [0.1, 0.15) is 0 Å². The zero-order valence-corrected chi connectivity index (χ0v) is 9.77. The molecule has 0 saturated heterocycles. The van der Waals surface area contributed by atoms with Crippen molar-refractivity contribution in [2.75, 3.05) is 13.2 Å². The van der Waals surface area contributed by atoms with Gasteiger partial charge in [-0.3, -0.25) is 0 Å². The maximum absolute atomic E-state index is 11.7. The first-order valence-corrected chi connectivity index (χ1v) is 5.75. The summed E-state index contributed by atoms with van der Waals surface area (Å²) in [6.07, 6.45) is 0.712. The molecule has 0 spiro atoms. The molecule has 3 nitrogen and oxygen atoms in total. The van der Waals surface area contributed by atoms with E-state index < -0.39 is 0 Å². The van der Waals surface area contributed by atoms with Crippen LogP contribution in [0.4, 0.5) is 4.79 Å². The van der Waals surface area contributed by atoms with Gasteiger partial charge in [-0.05, 0) is 31.4 Å². The van der Waals surface area contributed by atoms with Crippen molar-refractivity contribution < 1.29 is 9.53 Å². The number of benzene rings is 1. The Kier molecular flexibility index (Phi) is 3.13. The van der Waals surface area contributed by atoms with Crippen LogP contribution in [0.25, 0.3) is 0 Å². The first kappa shape index (κ1) is 11.0. The van der Waals surface area contributed by atoms with Crippen molar-refractivity contribution >= 4 is 6.09 Å². The topological polar surface area (TPSA) is 29.5 Å². The van der Waals surface area contributed by atoms with Gasteiger partial charge in [0.15, 0.2) is 0 Å². The molecule has 0 saturated carbocycles. The minimum Gasteiger partial charge on any atom is -0.450 e. The summed E-state index contributed by atoms with van der Waals surface area (Å²) in [5, 5.41) is 0. The van der Waals surface area contributed by atoms with Crippen molar-refractivity contribution in [2.24, 2.45) is 0 Å². The fourth-order valence-electron chi connectivity index (χ4n) is 2.23. The second-order valence-electron chi connectivity index (χ2n) is 4.02. The Bertz CT molecular complexity index is 389. The smallest absolute Gasteiger partial charge is 0.410 e. The monoisotopic (exact) mass is 219 g/mol. The highest BCUT2D eigenvalue weighted by Crippen LogP contribution is 2.29. The molecule has 0 N–H and O–H groups in total. The van der Waals surface area contributed by atoms with Crippen LogP contribution < -0.4 is 0 Å². The molecule has 0 bridgehead atoms. The van der Waals surface area contributed by atoms with Crippen LogP contribution in [-0.4, -0.2) is 24.1 Å². The molecule has 3 heteroatoms. The third-order valence-electron chi connectivity index (χ3n) is 3.10. The van der Waals surface area contributed by atoms with Crippen LogP contribution in [0.15, 0.2) is 24.3 Å². The van der Waals surface area contributed by atoms with E-state index in [1.807, 2.05) is 19.1 Å². The van der Waals surface area contributed by atoms with E-state index in [0.29, 0.717) is 6.61 Å². The van der Waals surface area contributed by atoms with Gasteiger partial charge in [-0.15, -0.1) is 0 Å². The number of rotatable bonds is 1. The third kappa shape index (κ3) is 1.90. The fraction of sp³-hybridized carbons (Fsp3) is 0.462. The Morgan fingerprint density at radius 2 is 2.25 bits per heavy atom. The minimum absolute atomic E-state index is 0.115. The lowest BCUT2D eigenvalue weighted by Crippen LogP contribution is -2.39. The fourth-order valence-corrected chi connectivity index (χ4v) is 2.23. The number of amides is 1. The highest BCUT2D eigenvalue weighted by atomic mass is 16.6. The molecule has 1 aromatic rings. The van der Waals surface area contributed by atoms with Crippen LogP contribution in [0, 0.1) is 0 Å². The Hall–Kier alpha value is -1.51. The largest absolute Gasteiger partial charge is 0.450 e. The molecule has 1 heterocycles. The molecule has 1 atom stereocenters. The maximum Gasteiger partial charge on any atom is 0.410 e. The Labute approximate surface area is 96.0 Å². The van der Waals surface area contributed by atoms with Gasteiger partial charge in [-0.2, -0.15) is 0 Å². The standard InChI is InChI=1S/C13H17NO2/c1-3-16-13(15)14-9-8-11-6-4-5-7-12(11)10(14)2/h4-7,10H,3,8-9H2,1-2H3. The SMILES string of the molecule is CCOC(=O)N1CCc2ccccc2C1C. The van der Waals surface area contributed by atoms with E-state index in [1.165, 1.54) is 11.1 Å². The average Bonchev–Trinajstić information content (AvgIpc) is 2.30. The molecule has 1 aliphatic heterocycles. The van der Waals surface area contributed by atoms with Gasteiger partial charge in [-0.1, -0.05) is 24.3 Å². The summed E-state index contributed by atoms with van der Waals surface area (Å²) in [6.45, 7) is 5.07. The molecule has 0 radical (unpaired) electrons. The predicted octanol–water partition coefficient (Wildman–Crippen LogP) is 2.76. The molecule has 0 aliphatic carbocycles. The molecule has 16 heavy (non-hydrogen) atoms. The highest BCUT2D eigenvalue weighted by molar-refractivity contribution is 5.69. The summed E-state index contributed by atoms with van der Waals surface area (Å²) in [4.78, 5) is 13.5. The van der Waals surface area contributed by atoms with Crippen molar-refractivity contribution in [2.45, 2.75) is 26.3 Å². The van der Waals surface area contributed by atoms with Gasteiger partial charge >= 0.3 is 6.09 Å². The molecular formula is C13H17NO2. The Balaban J connectivity index is 2.21. The summed E-state index contributed by atoms with van der Waals surface area (Å²) in [5.41, 5.74) is 2.58. The van der Waals surface area contributed by atoms with Crippen LogP contribution in [0.1, 0.15) is 31.0 Å². The summed E-state index contributed by atoms with van der Waals surface area (Å²) in [6, 6.07) is 8.40. The number of carbonyl (C=O) groups is 1. The van der Waals surface area contributed by atoms with Crippen molar-refractivity contribution in [1.29, 1.82) is 0 Å². The zero-order chi connectivity index (χ0) is 11.5. The third-order valence-corrected chi connectivity index (χ3v) is 3.10. The van der Waals surface area contributed by atoms with E-state index >= 15 is 0 Å². The number of ether oxygens (including phenoxy) is 1. The normalized spacial score (nSPS) is 19.1. The Morgan fingerprint density at radius 3 is 3.00 bits per heavy atom. The molecule has 2 rings (SSSR count). The second-order valence-corrected chi connectivity index (χ2v) is 4.02. The number of hydrogen-bond acceptors (Lipinski definition) is 2. The molecule has 1 aliphatic rings. The number of carbonyl (C=O) groups excluding carboxylic acids is 1. The minimum atomic E-state index is -0.204. The van der Waals surface area contributed by atoms with Crippen LogP contribution in [0.3, 0.4) is 0 Å². The van der Waals surface area contributed by atoms with Crippen molar-refractivity contribution in [3.05, 3.63) is 35.4 Å². The zero-order valence-electron chi connectivity index (χ0n) is 9.77. The molecule has 1 amide bonds. The second kappa shape index (κ2) is 4.56. The van der Waals surface area contributed by atoms with Gasteiger partial charge in [0.05, 0.1) is 12.6 Å². The summed E-state index contributed by atoms with van der Waals surface area (Å²) in [5.74, 6) is 0. The predicted molar refractivity (Wildman–Crippen MR) is 62.3 cm³/mol. The summed E-state index contributed by atoms with van der Waals surface area (Å²) >= 11 is 0. The highest BCUT2D eigenvalue weighted by Gasteiger charge is 2.27. The van der Waals surface area contributed by atoms with Crippen LogP contribution in [-0.2, 0) is 11.2 Å². The lowest BCUT2D eigenvalue weighted by molar-refractivity contribution is 0.0902. The lowest BCUT2D eigenvalue weighted by atomic mass is 9.94. The quantitative estimate of drug-likeness (QED) is 0.726. The number of nitrogens with zero attached hydrogens (tertiary/aromatic N) is 1. The summed E-state index contributed by atoms with van der Waals surface area (Å²) < 4.78 is 5.05. The molecular weight excluding hydrogens is 202 g/mol. The van der Waals surface area contributed by atoms with E-state index in [1.54, 1.807) is 4.90 Å². The van der Waals surface area contributed by atoms with Gasteiger partial charge < -0.3 is 9.64 Å². The number of fused-ring (bicyclic) bond motifs is 1. The molecule has 1 aromatic carbocycles.